The maximum absolute atomic E-state index is 10.5. The lowest BCUT2D eigenvalue weighted by molar-refractivity contribution is 0.442. The van der Waals surface area contributed by atoms with Gasteiger partial charge in [-0.05, 0) is 68.1 Å². The summed E-state index contributed by atoms with van der Waals surface area (Å²) in [7, 11) is 0. The maximum Gasteiger partial charge on any atom is 0.133 e. The highest BCUT2D eigenvalue weighted by atomic mass is 16.3. The molecule has 5 nitrogen and oxygen atoms in total. The Balaban J connectivity index is 2.56. The molecule has 3 aromatic rings. The van der Waals surface area contributed by atoms with E-state index in [1.807, 2.05) is 0 Å². The first kappa shape index (κ1) is 16.8. The summed E-state index contributed by atoms with van der Waals surface area (Å²) in [5.41, 5.74) is 3.06. The first-order chi connectivity index (χ1) is 11.6. The first-order valence-electron chi connectivity index (χ1n) is 7.85. The number of benzene rings is 3. The Morgan fingerprint density at radius 3 is 1.60 bits per heavy atom. The lowest BCUT2D eigenvalue weighted by Crippen LogP contribution is -1.94. The average molecular weight is 340 g/mol. The number of rotatable bonds is 1. The molecule has 0 saturated carbocycles. The van der Waals surface area contributed by atoms with Gasteiger partial charge in [0.2, 0.25) is 0 Å². The van der Waals surface area contributed by atoms with Crippen LogP contribution >= 0.6 is 0 Å². The average Bonchev–Trinajstić information content (AvgIpc) is 2.55. The predicted octanol–water partition coefficient (Wildman–Crippen LogP) is 4.27. The van der Waals surface area contributed by atoms with Gasteiger partial charge in [0.25, 0.3) is 0 Å². The molecule has 0 unspecified atom stereocenters. The molecule has 0 spiro atoms. The largest absolute Gasteiger partial charge is 0.508 e. The monoisotopic (exact) mass is 340 g/mol. The van der Waals surface area contributed by atoms with Gasteiger partial charge >= 0.3 is 0 Å². The van der Waals surface area contributed by atoms with Crippen LogP contribution in [0, 0.1) is 27.7 Å². The molecule has 0 radical (unpaired) electrons. The van der Waals surface area contributed by atoms with E-state index in [0.29, 0.717) is 27.6 Å². The Labute approximate surface area is 145 Å². The van der Waals surface area contributed by atoms with Gasteiger partial charge in [0.1, 0.15) is 28.7 Å². The van der Waals surface area contributed by atoms with E-state index in [1.54, 1.807) is 27.7 Å². The van der Waals surface area contributed by atoms with Gasteiger partial charge in [0.05, 0.1) is 5.39 Å². The van der Waals surface area contributed by atoms with E-state index in [0.717, 1.165) is 5.56 Å². The Morgan fingerprint density at radius 2 is 1.04 bits per heavy atom. The molecule has 0 aromatic heterocycles. The Kier molecular flexibility index (Phi) is 3.68. The molecule has 5 N–H and O–H groups in total. The van der Waals surface area contributed by atoms with Crippen molar-refractivity contribution in [3.05, 3.63) is 40.5 Å². The lowest BCUT2D eigenvalue weighted by Gasteiger charge is -2.19. The second-order valence-electron chi connectivity index (χ2n) is 6.40. The minimum absolute atomic E-state index is 0.0580. The molecule has 0 aliphatic rings. The fourth-order valence-electron chi connectivity index (χ4n) is 3.15. The molecule has 3 rings (SSSR count). The summed E-state index contributed by atoms with van der Waals surface area (Å²) in [4.78, 5) is 0. The topological polar surface area (TPSA) is 101 Å². The molecule has 0 aliphatic heterocycles. The minimum Gasteiger partial charge on any atom is -0.508 e. The fraction of sp³-hybridized carbons (Fsp3) is 0.200. The van der Waals surface area contributed by atoms with Crippen LogP contribution in [0.15, 0.2) is 18.2 Å². The van der Waals surface area contributed by atoms with Gasteiger partial charge in [0.15, 0.2) is 0 Å². The third-order valence-corrected chi connectivity index (χ3v) is 4.97. The van der Waals surface area contributed by atoms with Gasteiger partial charge in [-0.1, -0.05) is 0 Å². The predicted molar refractivity (Wildman–Crippen MR) is 96.7 cm³/mol. The van der Waals surface area contributed by atoms with Crippen LogP contribution in [0.1, 0.15) is 22.3 Å². The summed E-state index contributed by atoms with van der Waals surface area (Å²) in [6.07, 6.45) is 0. The minimum atomic E-state index is -0.197. The van der Waals surface area contributed by atoms with Crippen molar-refractivity contribution >= 4 is 10.8 Å². The molecule has 5 heteroatoms. The normalized spacial score (nSPS) is 11.2. The van der Waals surface area contributed by atoms with Crippen molar-refractivity contribution in [1.29, 1.82) is 0 Å². The standard InChI is InChI=1S/C20H20O5/c1-8-9(2)19(24)18-13(7-16(23)11(4)20(18)25)17(8)12-5-14(21)10(3)15(22)6-12/h5-7,21-25H,1-4H3. The van der Waals surface area contributed by atoms with Crippen LogP contribution in [-0.4, -0.2) is 25.5 Å². The molecule has 0 amide bonds. The van der Waals surface area contributed by atoms with Crippen LogP contribution in [0.2, 0.25) is 0 Å². The number of hydrogen-bond acceptors (Lipinski definition) is 5. The molecule has 0 saturated heterocycles. The zero-order valence-corrected chi connectivity index (χ0v) is 14.5. The van der Waals surface area contributed by atoms with E-state index in [1.165, 1.54) is 18.2 Å². The van der Waals surface area contributed by atoms with Crippen molar-refractivity contribution < 1.29 is 25.5 Å². The first-order valence-corrected chi connectivity index (χ1v) is 7.85. The Hall–Kier alpha value is -3.08. The van der Waals surface area contributed by atoms with Crippen LogP contribution in [0.4, 0.5) is 0 Å². The Morgan fingerprint density at radius 1 is 0.560 bits per heavy atom. The molecule has 0 atom stereocenters. The van der Waals surface area contributed by atoms with Gasteiger partial charge in [-0.25, -0.2) is 0 Å². The molecular weight excluding hydrogens is 320 g/mol. The summed E-state index contributed by atoms with van der Waals surface area (Å²) < 4.78 is 0. The number of phenolic OH excluding ortho intramolecular Hbond substituents is 5. The van der Waals surface area contributed by atoms with Gasteiger partial charge in [-0.3, -0.25) is 0 Å². The van der Waals surface area contributed by atoms with E-state index in [2.05, 4.69) is 0 Å². The highest BCUT2D eigenvalue weighted by Crippen LogP contribution is 2.48. The van der Waals surface area contributed by atoms with Crippen LogP contribution in [0.25, 0.3) is 21.9 Å². The van der Waals surface area contributed by atoms with Crippen LogP contribution in [0.3, 0.4) is 0 Å². The van der Waals surface area contributed by atoms with Gasteiger partial charge in [-0.15, -0.1) is 0 Å². The highest BCUT2D eigenvalue weighted by molar-refractivity contribution is 6.07. The third kappa shape index (κ3) is 2.31. The van der Waals surface area contributed by atoms with Crippen molar-refractivity contribution in [1.82, 2.24) is 0 Å². The summed E-state index contributed by atoms with van der Waals surface area (Å²) in [6.45, 7) is 6.68. The number of phenols is 5. The summed E-state index contributed by atoms with van der Waals surface area (Å²) in [5, 5.41) is 51.9. The molecule has 0 aliphatic carbocycles. The SMILES string of the molecule is Cc1c(O)cc(-c2c(C)c(C)c(O)c3c(O)c(C)c(O)cc23)cc1O. The molecule has 130 valence electrons. The van der Waals surface area contributed by atoms with E-state index in [4.69, 9.17) is 0 Å². The van der Waals surface area contributed by atoms with Crippen molar-refractivity contribution in [2.75, 3.05) is 0 Å². The zero-order chi connectivity index (χ0) is 18.6. The molecule has 0 fully saturated rings. The van der Waals surface area contributed by atoms with Crippen molar-refractivity contribution in [3.63, 3.8) is 0 Å². The van der Waals surface area contributed by atoms with E-state index in [9.17, 15) is 25.5 Å². The Bertz CT molecular complexity index is 1000. The number of hydrogen-bond donors (Lipinski definition) is 5. The smallest absolute Gasteiger partial charge is 0.133 e. The molecule has 0 bridgehead atoms. The van der Waals surface area contributed by atoms with Gasteiger partial charge in [-0.2, -0.15) is 0 Å². The highest BCUT2D eigenvalue weighted by Gasteiger charge is 2.21. The van der Waals surface area contributed by atoms with Crippen LogP contribution in [-0.2, 0) is 0 Å². The number of fused-ring (bicyclic) bond motifs is 1. The fourth-order valence-corrected chi connectivity index (χ4v) is 3.15. The molecular formula is C20H20O5. The summed E-state index contributed by atoms with van der Waals surface area (Å²) >= 11 is 0. The van der Waals surface area contributed by atoms with Gasteiger partial charge < -0.3 is 25.5 Å². The number of aromatic hydroxyl groups is 5. The molecule has 25 heavy (non-hydrogen) atoms. The van der Waals surface area contributed by atoms with Crippen LogP contribution in [0.5, 0.6) is 28.7 Å². The zero-order valence-electron chi connectivity index (χ0n) is 14.5. The summed E-state index contributed by atoms with van der Waals surface area (Å²) in [6, 6.07) is 4.50. The quantitative estimate of drug-likeness (QED) is 0.455. The van der Waals surface area contributed by atoms with E-state index < -0.39 is 0 Å². The molecule has 3 aromatic carbocycles. The second kappa shape index (κ2) is 5.48. The maximum atomic E-state index is 10.5. The van der Waals surface area contributed by atoms with Crippen molar-refractivity contribution in [3.8, 4) is 39.9 Å². The summed E-state index contributed by atoms with van der Waals surface area (Å²) in [5.74, 6) is -0.480. The van der Waals surface area contributed by atoms with E-state index >= 15 is 0 Å². The van der Waals surface area contributed by atoms with Gasteiger partial charge in [0, 0.05) is 16.5 Å². The van der Waals surface area contributed by atoms with Crippen molar-refractivity contribution in [2.45, 2.75) is 27.7 Å². The van der Waals surface area contributed by atoms with Crippen LogP contribution < -0.4 is 0 Å². The lowest BCUT2D eigenvalue weighted by atomic mass is 9.88. The van der Waals surface area contributed by atoms with Crippen molar-refractivity contribution in [2.24, 2.45) is 0 Å². The third-order valence-electron chi connectivity index (χ3n) is 4.97. The molecule has 0 heterocycles. The second-order valence-corrected chi connectivity index (χ2v) is 6.40. The van der Waals surface area contributed by atoms with E-state index in [-0.39, 0.29) is 39.7 Å².